The highest BCUT2D eigenvalue weighted by Gasteiger charge is 2.07. The van der Waals surface area contributed by atoms with Gasteiger partial charge in [0.1, 0.15) is 11.5 Å². The number of hydrogen-bond donors (Lipinski definition) is 2. The normalized spacial score (nSPS) is 10.3. The van der Waals surface area contributed by atoms with E-state index < -0.39 is 0 Å². The molecule has 4 nitrogen and oxygen atoms in total. The summed E-state index contributed by atoms with van der Waals surface area (Å²) in [4.78, 5) is 8.10. The van der Waals surface area contributed by atoms with Crippen molar-refractivity contribution in [2.24, 2.45) is 0 Å². The predicted octanol–water partition coefficient (Wildman–Crippen LogP) is 4.12. The molecule has 0 aliphatic heterocycles. The molecule has 21 heavy (non-hydrogen) atoms. The third-order valence-electron chi connectivity index (χ3n) is 3.03. The molecule has 0 aliphatic rings. The number of anilines is 3. The number of rotatable bonds is 3. The van der Waals surface area contributed by atoms with Crippen LogP contribution in [0.3, 0.4) is 0 Å². The van der Waals surface area contributed by atoms with E-state index in [0.717, 1.165) is 16.9 Å². The van der Waals surface area contributed by atoms with Crippen molar-refractivity contribution in [2.45, 2.75) is 0 Å². The average molecular weight is 297 g/mol. The molecular weight excluding hydrogens is 284 g/mol. The van der Waals surface area contributed by atoms with Crippen LogP contribution >= 0.6 is 11.6 Å². The Labute approximate surface area is 127 Å². The highest BCUT2D eigenvalue weighted by molar-refractivity contribution is 6.29. The summed E-state index contributed by atoms with van der Waals surface area (Å²) in [6.07, 6.45) is 1.43. The molecule has 0 bridgehead atoms. The fourth-order valence-electron chi connectivity index (χ4n) is 2.02. The van der Waals surface area contributed by atoms with Crippen LogP contribution in [0.15, 0.2) is 60.9 Å². The minimum absolute atomic E-state index is 0.390. The molecule has 1 aromatic heterocycles. The maximum Gasteiger partial charge on any atom is 0.133 e. The maximum atomic E-state index is 6.03. The molecule has 0 radical (unpaired) electrons. The molecule has 0 atom stereocenters. The number of nitrogens with zero attached hydrogens (tertiary/aromatic N) is 2. The van der Waals surface area contributed by atoms with Gasteiger partial charge in [-0.2, -0.15) is 0 Å². The van der Waals surface area contributed by atoms with Gasteiger partial charge in [-0.1, -0.05) is 29.8 Å². The van der Waals surface area contributed by atoms with E-state index in [1.165, 1.54) is 6.33 Å². The van der Waals surface area contributed by atoms with Crippen LogP contribution in [-0.2, 0) is 0 Å². The molecule has 0 spiro atoms. The van der Waals surface area contributed by atoms with Gasteiger partial charge < -0.3 is 11.1 Å². The zero-order valence-corrected chi connectivity index (χ0v) is 11.9. The first-order valence-electron chi connectivity index (χ1n) is 6.42. The summed E-state index contributed by atoms with van der Waals surface area (Å²) in [7, 11) is 0. The van der Waals surface area contributed by atoms with Crippen molar-refractivity contribution in [1.82, 2.24) is 9.97 Å². The van der Waals surface area contributed by atoms with Gasteiger partial charge in [0, 0.05) is 28.7 Å². The molecule has 5 heteroatoms. The second-order valence-corrected chi connectivity index (χ2v) is 4.91. The number of halogens is 1. The van der Waals surface area contributed by atoms with E-state index in [1.807, 2.05) is 48.5 Å². The highest BCUT2D eigenvalue weighted by atomic mass is 35.5. The summed E-state index contributed by atoms with van der Waals surface area (Å²) in [5.41, 5.74) is 10.1. The number of para-hydroxylation sites is 1. The number of nitrogen functional groups attached to an aromatic ring is 1. The molecule has 0 saturated carbocycles. The number of hydrogen-bond acceptors (Lipinski definition) is 4. The maximum absolute atomic E-state index is 6.03. The zero-order chi connectivity index (χ0) is 14.7. The van der Waals surface area contributed by atoms with Crippen LogP contribution in [0.1, 0.15) is 0 Å². The van der Waals surface area contributed by atoms with Gasteiger partial charge >= 0.3 is 0 Å². The SMILES string of the molecule is Nc1ccc(Nc2ccccc2)cc1-c1cc(Cl)ncn1. The molecule has 0 fully saturated rings. The highest BCUT2D eigenvalue weighted by Crippen LogP contribution is 2.29. The average Bonchev–Trinajstić information content (AvgIpc) is 2.50. The minimum Gasteiger partial charge on any atom is -0.398 e. The molecule has 0 saturated heterocycles. The van der Waals surface area contributed by atoms with Crippen LogP contribution in [0.2, 0.25) is 5.15 Å². The second-order valence-electron chi connectivity index (χ2n) is 4.52. The molecule has 1 heterocycles. The van der Waals surface area contributed by atoms with Crippen molar-refractivity contribution in [3.8, 4) is 11.3 Å². The van der Waals surface area contributed by atoms with Crippen molar-refractivity contribution >= 4 is 28.7 Å². The largest absolute Gasteiger partial charge is 0.398 e. The lowest BCUT2D eigenvalue weighted by molar-refractivity contribution is 1.17. The van der Waals surface area contributed by atoms with E-state index in [4.69, 9.17) is 17.3 Å². The Kier molecular flexibility index (Phi) is 3.71. The van der Waals surface area contributed by atoms with E-state index in [9.17, 15) is 0 Å². The van der Waals surface area contributed by atoms with E-state index in [0.29, 0.717) is 16.5 Å². The standard InChI is InChI=1S/C16H13ClN4/c17-16-9-15(19-10-20-16)13-8-12(6-7-14(13)18)21-11-4-2-1-3-5-11/h1-10,21H,18H2. The summed E-state index contributed by atoms with van der Waals surface area (Å²) < 4.78 is 0. The van der Waals surface area contributed by atoms with Crippen molar-refractivity contribution in [3.63, 3.8) is 0 Å². The Balaban J connectivity index is 1.97. The third-order valence-corrected chi connectivity index (χ3v) is 3.23. The van der Waals surface area contributed by atoms with E-state index in [-0.39, 0.29) is 0 Å². The van der Waals surface area contributed by atoms with Crippen molar-refractivity contribution in [3.05, 3.63) is 66.1 Å². The summed E-state index contributed by atoms with van der Waals surface area (Å²) in [5.74, 6) is 0. The molecule has 3 aromatic rings. The van der Waals surface area contributed by atoms with Crippen LogP contribution in [0, 0.1) is 0 Å². The third kappa shape index (κ3) is 3.12. The molecular formula is C16H13ClN4. The Morgan fingerprint density at radius 1 is 0.905 bits per heavy atom. The fraction of sp³-hybridized carbons (Fsp3) is 0. The van der Waals surface area contributed by atoms with Crippen molar-refractivity contribution in [2.75, 3.05) is 11.1 Å². The van der Waals surface area contributed by atoms with Crippen LogP contribution in [0.5, 0.6) is 0 Å². The number of benzene rings is 2. The van der Waals surface area contributed by atoms with Crippen LogP contribution < -0.4 is 11.1 Å². The topological polar surface area (TPSA) is 63.8 Å². The Morgan fingerprint density at radius 3 is 2.48 bits per heavy atom. The smallest absolute Gasteiger partial charge is 0.133 e. The first kappa shape index (κ1) is 13.4. The number of nitrogens with two attached hydrogens (primary N) is 1. The monoisotopic (exact) mass is 296 g/mol. The predicted molar refractivity (Wildman–Crippen MR) is 86.6 cm³/mol. The lowest BCUT2D eigenvalue weighted by atomic mass is 10.1. The van der Waals surface area contributed by atoms with Gasteiger partial charge in [-0.15, -0.1) is 0 Å². The first-order chi connectivity index (χ1) is 10.2. The molecule has 3 N–H and O–H groups in total. The van der Waals surface area contributed by atoms with Gasteiger partial charge in [-0.25, -0.2) is 9.97 Å². The molecule has 2 aromatic carbocycles. The van der Waals surface area contributed by atoms with Gasteiger partial charge in [0.2, 0.25) is 0 Å². The van der Waals surface area contributed by atoms with Gasteiger partial charge in [0.25, 0.3) is 0 Å². The summed E-state index contributed by atoms with van der Waals surface area (Å²) in [6.45, 7) is 0. The molecule has 0 amide bonds. The molecule has 0 unspecified atom stereocenters. The van der Waals surface area contributed by atoms with E-state index >= 15 is 0 Å². The summed E-state index contributed by atoms with van der Waals surface area (Å²) >= 11 is 5.91. The van der Waals surface area contributed by atoms with E-state index in [2.05, 4.69) is 15.3 Å². The fourth-order valence-corrected chi connectivity index (χ4v) is 2.17. The second kappa shape index (κ2) is 5.81. The van der Waals surface area contributed by atoms with Crippen molar-refractivity contribution < 1.29 is 0 Å². The quantitative estimate of drug-likeness (QED) is 0.563. The molecule has 3 rings (SSSR count). The van der Waals surface area contributed by atoms with Gasteiger partial charge in [-0.05, 0) is 30.3 Å². The van der Waals surface area contributed by atoms with Crippen LogP contribution in [0.4, 0.5) is 17.1 Å². The van der Waals surface area contributed by atoms with E-state index in [1.54, 1.807) is 6.07 Å². The number of aromatic nitrogens is 2. The lowest BCUT2D eigenvalue weighted by Gasteiger charge is -2.10. The molecule has 104 valence electrons. The van der Waals surface area contributed by atoms with Gasteiger partial charge in [-0.3, -0.25) is 0 Å². The Bertz CT molecular complexity index is 759. The summed E-state index contributed by atoms with van der Waals surface area (Å²) in [6, 6.07) is 17.3. The van der Waals surface area contributed by atoms with Gasteiger partial charge in [0.05, 0.1) is 5.69 Å². The van der Waals surface area contributed by atoms with Gasteiger partial charge in [0.15, 0.2) is 0 Å². The Hall–Kier alpha value is -2.59. The number of nitrogens with one attached hydrogen (secondary N) is 1. The van der Waals surface area contributed by atoms with Crippen LogP contribution in [0.25, 0.3) is 11.3 Å². The van der Waals surface area contributed by atoms with Crippen LogP contribution in [-0.4, -0.2) is 9.97 Å². The summed E-state index contributed by atoms with van der Waals surface area (Å²) in [5, 5.41) is 3.71. The first-order valence-corrected chi connectivity index (χ1v) is 6.80. The molecule has 0 aliphatic carbocycles. The van der Waals surface area contributed by atoms with Crippen molar-refractivity contribution in [1.29, 1.82) is 0 Å². The minimum atomic E-state index is 0.390. The lowest BCUT2D eigenvalue weighted by Crippen LogP contribution is -1.96. The zero-order valence-electron chi connectivity index (χ0n) is 11.1. The Morgan fingerprint density at radius 2 is 1.71 bits per heavy atom.